The van der Waals surface area contributed by atoms with E-state index in [0.717, 1.165) is 11.3 Å². The Morgan fingerprint density at radius 3 is 2.50 bits per heavy atom. The lowest BCUT2D eigenvalue weighted by Crippen LogP contribution is -2.49. The van der Waals surface area contributed by atoms with Gasteiger partial charge >= 0.3 is 11.8 Å². The van der Waals surface area contributed by atoms with Crippen LogP contribution in [-0.4, -0.2) is 46.9 Å². The van der Waals surface area contributed by atoms with E-state index in [2.05, 4.69) is 20.9 Å². The highest BCUT2D eigenvalue weighted by molar-refractivity contribution is 6.39. The summed E-state index contributed by atoms with van der Waals surface area (Å²) in [5.74, 6) is 0.0207. The van der Waals surface area contributed by atoms with Gasteiger partial charge < -0.3 is 34.9 Å². The van der Waals surface area contributed by atoms with Crippen LogP contribution < -0.4 is 20.7 Å². The van der Waals surface area contributed by atoms with E-state index in [1.54, 1.807) is 24.4 Å². The van der Waals surface area contributed by atoms with Crippen molar-refractivity contribution in [2.24, 2.45) is 0 Å². The van der Waals surface area contributed by atoms with Crippen LogP contribution in [0.25, 0.3) is 11.3 Å². The Bertz CT molecular complexity index is 1320. The second kappa shape index (κ2) is 11.0. The van der Waals surface area contributed by atoms with Crippen molar-refractivity contribution < 1.29 is 28.6 Å². The van der Waals surface area contributed by atoms with E-state index in [9.17, 15) is 14.7 Å². The third-order valence-electron chi connectivity index (χ3n) is 6.06. The Balaban J connectivity index is 1.32. The van der Waals surface area contributed by atoms with Gasteiger partial charge in [0.15, 0.2) is 17.9 Å². The summed E-state index contributed by atoms with van der Waals surface area (Å²) in [5, 5.41) is 18.0. The predicted octanol–water partition coefficient (Wildman–Crippen LogP) is 3.85. The number of anilines is 2. The lowest BCUT2D eigenvalue weighted by Gasteiger charge is -2.28. The van der Waals surface area contributed by atoms with Crippen LogP contribution in [0.3, 0.4) is 0 Å². The fourth-order valence-corrected chi connectivity index (χ4v) is 4.29. The third kappa shape index (κ3) is 6.51. The quantitative estimate of drug-likeness (QED) is 0.313. The fourth-order valence-electron chi connectivity index (χ4n) is 4.29. The number of carbonyl (C=O) groups is 2. The molecule has 2 amide bonds. The molecular weight excluding hydrogens is 488 g/mol. The molecule has 2 aromatic carbocycles. The van der Waals surface area contributed by atoms with Gasteiger partial charge in [-0.05, 0) is 63.1 Å². The van der Waals surface area contributed by atoms with Crippen molar-refractivity contribution in [3.63, 3.8) is 0 Å². The van der Waals surface area contributed by atoms with Crippen LogP contribution in [0, 0.1) is 0 Å². The Morgan fingerprint density at radius 2 is 1.87 bits per heavy atom. The summed E-state index contributed by atoms with van der Waals surface area (Å²) in [7, 11) is 1.51. The Morgan fingerprint density at radius 1 is 1.13 bits per heavy atom. The zero-order valence-corrected chi connectivity index (χ0v) is 21.8. The second-order valence-corrected chi connectivity index (χ2v) is 9.94. The average Bonchev–Trinajstić information content (AvgIpc) is 3.55. The first kappa shape index (κ1) is 26.7. The van der Waals surface area contributed by atoms with E-state index >= 15 is 0 Å². The molecule has 4 rings (SSSR count). The van der Waals surface area contributed by atoms with Crippen molar-refractivity contribution in [3.8, 4) is 17.1 Å². The number of aliphatic hydroxyl groups is 1. The molecule has 4 N–H and O–H groups in total. The molecule has 0 saturated heterocycles. The SMILES string of the molecule is COc1cc(NC(=O)C(=O)NC(C)(C)Cc2ccc(NC3(C)CC=C(CO)O3)cc2)ccc1-c1cnco1. The maximum Gasteiger partial charge on any atom is 0.313 e. The molecule has 0 saturated carbocycles. The smallest absolute Gasteiger partial charge is 0.313 e. The van der Waals surface area contributed by atoms with E-state index in [1.165, 1.54) is 13.5 Å². The first-order chi connectivity index (χ1) is 18.1. The second-order valence-electron chi connectivity index (χ2n) is 9.94. The zero-order chi connectivity index (χ0) is 27.3. The summed E-state index contributed by atoms with van der Waals surface area (Å²) in [6, 6.07) is 12.8. The van der Waals surface area contributed by atoms with Crippen LogP contribution in [-0.2, 0) is 20.7 Å². The van der Waals surface area contributed by atoms with Gasteiger partial charge in [-0.25, -0.2) is 4.98 Å². The number of methoxy groups -OCH3 is 1. The zero-order valence-electron chi connectivity index (χ0n) is 21.8. The molecule has 1 aliphatic rings. The van der Waals surface area contributed by atoms with Crippen molar-refractivity contribution in [3.05, 3.63) is 72.5 Å². The van der Waals surface area contributed by atoms with Gasteiger partial charge in [-0.15, -0.1) is 0 Å². The minimum Gasteiger partial charge on any atom is -0.496 e. The normalized spacial score (nSPS) is 16.8. The summed E-state index contributed by atoms with van der Waals surface area (Å²) in [4.78, 5) is 29.2. The molecule has 1 unspecified atom stereocenters. The number of amides is 2. The number of oxazole rings is 1. The van der Waals surface area contributed by atoms with E-state index in [1.807, 2.05) is 51.1 Å². The van der Waals surface area contributed by atoms with Crippen molar-refractivity contribution >= 4 is 23.2 Å². The van der Waals surface area contributed by atoms with Crippen LogP contribution >= 0.6 is 0 Å². The van der Waals surface area contributed by atoms with Crippen LogP contribution in [0.4, 0.5) is 11.4 Å². The number of carbonyl (C=O) groups excluding carboxylic acids is 2. The monoisotopic (exact) mass is 520 g/mol. The summed E-state index contributed by atoms with van der Waals surface area (Å²) < 4.78 is 16.5. The van der Waals surface area contributed by atoms with Crippen molar-refractivity contribution in [1.29, 1.82) is 0 Å². The minimum absolute atomic E-state index is 0.126. The van der Waals surface area contributed by atoms with Crippen LogP contribution in [0.5, 0.6) is 5.75 Å². The van der Waals surface area contributed by atoms with Crippen molar-refractivity contribution in [2.75, 3.05) is 24.4 Å². The molecule has 3 aromatic rings. The molecule has 38 heavy (non-hydrogen) atoms. The molecule has 0 radical (unpaired) electrons. The molecule has 10 heteroatoms. The van der Waals surface area contributed by atoms with Gasteiger partial charge in [-0.2, -0.15) is 0 Å². The highest BCUT2D eigenvalue weighted by atomic mass is 16.5. The Kier molecular flexibility index (Phi) is 7.72. The third-order valence-corrected chi connectivity index (χ3v) is 6.06. The number of hydrogen-bond acceptors (Lipinski definition) is 8. The number of aliphatic hydroxyl groups excluding tert-OH is 1. The van der Waals surface area contributed by atoms with Crippen molar-refractivity contribution in [2.45, 2.75) is 44.9 Å². The standard InChI is InChI=1S/C28H32N4O6/c1-27(2,14-18-5-7-19(8-6-18)31-28(3)12-11-21(16-33)38-28)32-26(35)25(34)30-20-9-10-22(23(13-20)36-4)24-15-29-17-37-24/h5-11,13,15,17,31,33H,12,14,16H2,1-4H3,(H,30,34)(H,32,35). The van der Waals surface area contributed by atoms with E-state index in [4.69, 9.17) is 13.9 Å². The number of aromatic nitrogens is 1. The maximum absolute atomic E-state index is 12.7. The first-order valence-corrected chi connectivity index (χ1v) is 12.2. The topological polar surface area (TPSA) is 135 Å². The summed E-state index contributed by atoms with van der Waals surface area (Å²) in [6.45, 7) is 5.51. The first-order valence-electron chi connectivity index (χ1n) is 12.2. The lowest BCUT2D eigenvalue weighted by molar-refractivity contribution is -0.137. The highest BCUT2D eigenvalue weighted by Crippen LogP contribution is 2.32. The largest absolute Gasteiger partial charge is 0.496 e. The lowest BCUT2D eigenvalue weighted by atomic mass is 9.94. The van der Waals surface area contributed by atoms with Crippen LogP contribution in [0.15, 0.2) is 71.3 Å². The molecule has 0 fully saturated rings. The van der Waals surface area contributed by atoms with Gasteiger partial charge in [-0.3, -0.25) is 9.59 Å². The summed E-state index contributed by atoms with van der Waals surface area (Å²) >= 11 is 0. The van der Waals surface area contributed by atoms with Gasteiger partial charge in [0.25, 0.3) is 0 Å². The number of benzene rings is 2. The fraction of sp³-hybridized carbons (Fsp3) is 0.321. The average molecular weight is 521 g/mol. The number of nitrogens with zero attached hydrogens (tertiary/aromatic N) is 1. The highest BCUT2D eigenvalue weighted by Gasteiger charge is 2.31. The van der Waals surface area contributed by atoms with Gasteiger partial charge in [0.2, 0.25) is 0 Å². The predicted molar refractivity (Wildman–Crippen MR) is 142 cm³/mol. The van der Waals surface area contributed by atoms with Gasteiger partial charge in [0, 0.05) is 29.4 Å². The minimum atomic E-state index is -0.784. The maximum atomic E-state index is 12.7. The van der Waals surface area contributed by atoms with Gasteiger partial charge in [0.1, 0.15) is 18.1 Å². The molecule has 2 heterocycles. The summed E-state index contributed by atoms with van der Waals surface area (Å²) in [5.41, 5.74) is 1.65. The van der Waals surface area contributed by atoms with Gasteiger partial charge in [-0.1, -0.05) is 12.1 Å². The molecular formula is C28H32N4O6. The van der Waals surface area contributed by atoms with Crippen molar-refractivity contribution in [1.82, 2.24) is 10.3 Å². The molecule has 200 valence electrons. The molecule has 10 nitrogen and oxygen atoms in total. The van der Waals surface area contributed by atoms with Crippen LogP contribution in [0.2, 0.25) is 0 Å². The molecule has 0 spiro atoms. The Labute approximate surface area is 221 Å². The molecule has 0 aliphatic carbocycles. The number of ether oxygens (including phenoxy) is 2. The molecule has 1 aliphatic heterocycles. The molecule has 1 aromatic heterocycles. The van der Waals surface area contributed by atoms with E-state index < -0.39 is 23.1 Å². The van der Waals surface area contributed by atoms with Crippen LogP contribution in [0.1, 0.15) is 32.8 Å². The van der Waals surface area contributed by atoms with Gasteiger partial charge in [0.05, 0.1) is 18.9 Å². The van der Waals surface area contributed by atoms with E-state index in [-0.39, 0.29) is 6.61 Å². The molecule has 1 atom stereocenters. The number of hydrogen-bond donors (Lipinski definition) is 4. The number of rotatable bonds is 9. The number of nitrogens with one attached hydrogen (secondary N) is 3. The summed E-state index contributed by atoms with van der Waals surface area (Å²) in [6.07, 6.45) is 5.90. The molecule has 0 bridgehead atoms. The Hall–Kier alpha value is -4.31. The van der Waals surface area contributed by atoms with E-state index in [0.29, 0.717) is 41.4 Å².